The van der Waals surface area contributed by atoms with Gasteiger partial charge in [-0.3, -0.25) is 4.79 Å². The molecule has 7 heteroatoms. The summed E-state index contributed by atoms with van der Waals surface area (Å²) in [5.41, 5.74) is 0. The monoisotopic (exact) mass is 302 g/mol. The van der Waals surface area contributed by atoms with Crippen molar-refractivity contribution in [2.45, 2.75) is 33.0 Å². The van der Waals surface area contributed by atoms with E-state index >= 15 is 0 Å². The summed E-state index contributed by atoms with van der Waals surface area (Å²) in [5, 5.41) is 8.59. The molecule has 0 aliphatic heterocycles. The molecular weight excluding hydrogens is 280 g/mol. The molecule has 2 atom stereocenters. The highest BCUT2D eigenvalue weighted by atomic mass is 16.6. The molecule has 7 nitrogen and oxygen atoms in total. The third-order valence-corrected chi connectivity index (χ3v) is 1.63. The fourth-order valence-corrected chi connectivity index (χ4v) is 0.837. The largest absolute Gasteiger partial charge is 0.460 e. The second-order valence-corrected chi connectivity index (χ2v) is 3.94. The quantitative estimate of drug-likeness (QED) is 0.421. The molecule has 120 valence electrons. The summed E-state index contributed by atoms with van der Waals surface area (Å²) in [6, 6.07) is 0. The number of hydrogen-bond donors (Lipinski definition) is 1. The van der Waals surface area contributed by atoms with E-state index in [4.69, 9.17) is 9.84 Å². The molecule has 0 saturated carbocycles. The van der Waals surface area contributed by atoms with Crippen molar-refractivity contribution in [3.63, 3.8) is 0 Å². The van der Waals surface area contributed by atoms with Crippen LogP contribution in [0.4, 0.5) is 0 Å². The molecule has 0 aliphatic rings. The fraction of sp³-hybridized carbons (Fsp3) is 0.500. The van der Waals surface area contributed by atoms with E-state index in [0.717, 1.165) is 12.2 Å². The lowest BCUT2D eigenvalue weighted by Gasteiger charge is -2.10. The zero-order chi connectivity index (χ0) is 16.8. The topological polar surface area (TPSA) is 99.1 Å². The Morgan fingerprint density at radius 1 is 1.05 bits per heavy atom. The van der Waals surface area contributed by atoms with Gasteiger partial charge in [-0.1, -0.05) is 13.2 Å². The first kappa shape index (κ1) is 21.2. The number of carbonyl (C=O) groups excluding carboxylic acids is 3. The maximum Gasteiger partial charge on any atom is 0.330 e. The van der Waals surface area contributed by atoms with Gasteiger partial charge in [0.15, 0.2) is 0 Å². The van der Waals surface area contributed by atoms with Crippen LogP contribution in [-0.2, 0) is 28.6 Å². The van der Waals surface area contributed by atoms with Crippen LogP contribution in [-0.4, -0.2) is 48.4 Å². The zero-order valence-corrected chi connectivity index (χ0v) is 12.5. The van der Waals surface area contributed by atoms with Gasteiger partial charge in [-0.2, -0.15) is 0 Å². The molecular formula is C14H22O7. The van der Waals surface area contributed by atoms with Crippen molar-refractivity contribution in [2.24, 2.45) is 0 Å². The molecule has 0 aromatic carbocycles. The fourth-order valence-electron chi connectivity index (χ4n) is 0.837. The molecule has 0 amide bonds. The number of aliphatic hydroxyl groups is 1. The average Bonchev–Trinajstić information content (AvgIpc) is 2.41. The van der Waals surface area contributed by atoms with Crippen LogP contribution in [0.1, 0.15) is 20.8 Å². The third-order valence-electron chi connectivity index (χ3n) is 1.63. The van der Waals surface area contributed by atoms with E-state index in [-0.39, 0.29) is 13.2 Å². The van der Waals surface area contributed by atoms with Gasteiger partial charge < -0.3 is 19.3 Å². The van der Waals surface area contributed by atoms with Crippen LogP contribution in [0.2, 0.25) is 0 Å². The van der Waals surface area contributed by atoms with Gasteiger partial charge in [0.05, 0.1) is 6.10 Å². The van der Waals surface area contributed by atoms with Crippen molar-refractivity contribution in [3.05, 3.63) is 25.3 Å². The molecule has 1 N–H and O–H groups in total. The highest BCUT2D eigenvalue weighted by Crippen LogP contribution is 1.93. The van der Waals surface area contributed by atoms with Crippen LogP contribution < -0.4 is 0 Å². The predicted molar refractivity (Wildman–Crippen MR) is 75.2 cm³/mol. The van der Waals surface area contributed by atoms with Gasteiger partial charge in [-0.15, -0.1) is 0 Å². The highest BCUT2D eigenvalue weighted by Gasteiger charge is 2.06. The zero-order valence-electron chi connectivity index (χ0n) is 12.5. The van der Waals surface area contributed by atoms with Gasteiger partial charge in [-0.05, 0) is 13.8 Å². The molecule has 0 saturated heterocycles. The number of esters is 3. The first-order chi connectivity index (χ1) is 9.72. The van der Waals surface area contributed by atoms with Gasteiger partial charge in [0.1, 0.15) is 19.3 Å². The van der Waals surface area contributed by atoms with Crippen molar-refractivity contribution >= 4 is 17.9 Å². The second-order valence-electron chi connectivity index (χ2n) is 3.94. The Bertz CT molecular complexity index is 360. The lowest BCUT2D eigenvalue weighted by atomic mass is 10.4. The molecule has 0 bridgehead atoms. The van der Waals surface area contributed by atoms with Gasteiger partial charge >= 0.3 is 17.9 Å². The molecule has 2 unspecified atom stereocenters. The van der Waals surface area contributed by atoms with E-state index in [2.05, 4.69) is 22.6 Å². The maximum absolute atomic E-state index is 10.5. The molecule has 0 aromatic rings. The van der Waals surface area contributed by atoms with Crippen molar-refractivity contribution in [1.82, 2.24) is 0 Å². The normalized spacial score (nSPS) is 11.8. The van der Waals surface area contributed by atoms with Gasteiger partial charge in [0.2, 0.25) is 0 Å². The van der Waals surface area contributed by atoms with Crippen LogP contribution >= 0.6 is 0 Å². The Labute approximate surface area is 124 Å². The van der Waals surface area contributed by atoms with Crippen LogP contribution in [0, 0.1) is 0 Å². The summed E-state index contributed by atoms with van der Waals surface area (Å²) >= 11 is 0. The molecule has 0 spiro atoms. The molecule has 0 rings (SSSR count). The minimum absolute atomic E-state index is 0.0326. The van der Waals surface area contributed by atoms with E-state index in [1.165, 1.54) is 13.8 Å². The lowest BCUT2D eigenvalue weighted by Crippen LogP contribution is -2.20. The van der Waals surface area contributed by atoms with Crippen LogP contribution in [0.15, 0.2) is 25.3 Å². The minimum Gasteiger partial charge on any atom is -0.460 e. The standard InChI is InChI=1S/C8H12O4.C6H10O3/c1-4-8(10)11-5-6(2)12-7(3)9;1-3-6(8)9-4-5(2)7/h4,6H,1,5H2,2-3H3;3,5,7H,1,4H2,2H3. The van der Waals surface area contributed by atoms with Gasteiger partial charge in [0, 0.05) is 19.1 Å². The molecule has 0 fully saturated rings. The summed E-state index contributed by atoms with van der Waals surface area (Å²) in [7, 11) is 0. The second kappa shape index (κ2) is 12.9. The summed E-state index contributed by atoms with van der Waals surface area (Å²) in [4.78, 5) is 31.2. The molecule has 21 heavy (non-hydrogen) atoms. The summed E-state index contributed by atoms with van der Waals surface area (Å²) in [6.07, 6.45) is 1.10. The lowest BCUT2D eigenvalue weighted by molar-refractivity contribution is -0.153. The van der Waals surface area contributed by atoms with E-state index < -0.39 is 30.1 Å². The smallest absolute Gasteiger partial charge is 0.330 e. The van der Waals surface area contributed by atoms with Crippen LogP contribution in [0.3, 0.4) is 0 Å². The molecule has 0 heterocycles. The van der Waals surface area contributed by atoms with E-state index in [1.54, 1.807) is 6.92 Å². The Morgan fingerprint density at radius 2 is 1.48 bits per heavy atom. The summed E-state index contributed by atoms with van der Waals surface area (Å²) < 4.78 is 13.8. The van der Waals surface area contributed by atoms with Gasteiger partial charge in [0.25, 0.3) is 0 Å². The molecule has 0 aliphatic carbocycles. The van der Waals surface area contributed by atoms with E-state index in [9.17, 15) is 14.4 Å². The van der Waals surface area contributed by atoms with Crippen molar-refractivity contribution < 1.29 is 33.7 Å². The highest BCUT2D eigenvalue weighted by molar-refractivity contribution is 5.81. The molecule has 0 aromatic heterocycles. The Hall–Kier alpha value is -2.15. The van der Waals surface area contributed by atoms with E-state index in [1.807, 2.05) is 0 Å². The SMILES string of the molecule is C=CC(=O)OCC(C)O.C=CC(=O)OCC(C)OC(C)=O. The van der Waals surface area contributed by atoms with Crippen molar-refractivity contribution in [3.8, 4) is 0 Å². The Balaban J connectivity index is 0. The number of ether oxygens (including phenoxy) is 3. The number of carbonyl (C=O) groups is 3. The summed E-state index contributed by atoms with van der Waals surface area (Å²) in [6.45, 7) is 11.0. The third kappa shape index (κ3) is 17.9. The van der Waals surface area contributed by atoms with Crippen molar-refractivity contribution in [2.75, 3.05) is 13.2 Å². The predicted octanol–water partition coefficient (Wildman–Crippen LogP) is 0.764. The number of hydrogen-bond acceptors (Lipinski definition) is 7. The number of aliphatic hydroxyl groups excluding tert-OH is 1. The minimum atomic E-state index is -0.603. The Morgan fingerprint density at radius 3 is 1.81 bits per heavy atom. The average molecular weight is 302 g/mol. The first-order valence-corrected chi connectivity index (χ1v) is 6.16. The van der Waals surface area contributed by atoms with Gasteiger partial charge in [-0.25, -0.2) is 9.59 Å². The van der Waals surface area contributed by atoms with Crippen molar-refractivity contribution in [1.29, 1.82) is 0 Å². The molecule has 0 radical (unpaired) electrons. The number of rotatable bonds is 7. The maximum atomic E-state index is 10.5. The Kier molecular flexibility index (Phi) is 13.0. The van der Waals surface area contributed by atoms with E-state index in [0.29, 0.717) is 0 Å². The van der Waals surface area contributed by atoms with Crippen LogP contribution in [0.25, 0.3) is 0 Å². The first-order valence-electron chi connectivity index (χ1n) is 6.16. The van der Waals surface area contributed by atoms with Crippen LogP contribution in [0.5, 0.6) is 0 Å². The summed E-state index contributed by atoms with van der Waals surface area (Å²) in [5.74, 6) is -1.41.